The van der Waals surface area contributed by atoms with Gasteiger partial charge in [-0.3, -0.25) is 0 Å². The first-order valence-electron chi connectivity index (χ1n) is 7.11. The summed E-state index contributed by atoms with van der Waals surface area (Å²) in [6.07, 6.45) is 0. The predicted molar refractivity (Wildman–Crippen MR) is 92.7 cm³/mol. The number of carbonyl (C=O) groups is 1. The summed E-state index contributed by atoms with van der Waals surface area (Å²) in [6, 6.07) is 18.5. The molecule has 0 aliphatic carbocycles. The van der Waals surface area contributed by atoms with Crippen molar-refractivity contribution in [3.63, 3.8) is 0 Å². The van der Waals surface area contributed by atoms with Crippen LogP contribution in [-0.2, 0) is 9.53 Å². The summed E-state index contributed by atoms with van der Waals surface area (Å²) >= 11 is 1.51. The van der Waals surface area contributed by atoms with E-state index < -0.39 is 4.93 Å². The average Bonchev–Trinajstić information content (AvgIpc) is 2.48. The molecule has 0 fully saturated rings. The van der Waals surface area contributed by atoms with E-state index in [9.17, 15) is 4.79 Å². The normalized spacial score (nSPS) is 11.0. The van der Waals surface area contributed by atoms with Gasteiger partial charge in [-0.1, -0.05) is 60.8 Å². The Kier molecular flexibility index (Phi) is 5.09. The maximum Gasteiger partial charge on any atom is 0.334 e. The Hall–Kier alpha value is -2.00. The lowest BCUT2D eigenvalue weighted by Gasteiger charge is -2.24. The van der Waals surface area contributed by atoms with E-state index in [4.69, 9.17) is 4.74 Å². The van der Waals surface area contributed by atoms with Gasteiger partial charge in [0.05, 0.1) is 0 Å². The van der Waals surface area contributed by atoms with E-state index in [0.717, 1.165) is 4.90 Å². The van der Waals surface area contributed by atoms with Gasteiger partial charge < -0.3 is 4.74 Å². The molecule has 0 aliphatic rings. The Morgan fingerprint density at radius 3 is 2.09 bits per heavy atom. The molecule has 3 heteroatoms. The largest absolute Gasteiger partial charge is 0.445 e. The van der Waals surface area contributed by atoms with Crippen molar-refractivity contribution in [1.82, 2.24) is 0 Å². The summed E-state index contributed by atoms with van der Waals surface area (Å²) in [5.41, 5.74) is 2.77. The van der Waals surface area contributed by atoms with Gasteiger partial charge in [0.25, 0.3) is 0 Å². The van der Waals surface area contributed by atoms with Crippen LogP contribution in [0.5, 0.6) is 0 Å². The molecule has 0 heterocycles. The first-order chi connectivity index (χ1) is 10.4. The molecule has 2 aromatic rings. The summed E-state index contributed by atoms with van der Waals surface area (Å²) < 4.78 is 5.44. The van der Waals surface area contributed by atoms with Gasteiger partial charge in [0.1, 0.15) is 0 Å². The van der Waals surface area contributed by atoms with Gasteiger partial charge in [-0.25, -0.2) is 4.79 Å². The molecule has 0 N–H and O–H groups in total. The average molecular weight is 312 g/mol. The van der Waals surface area contributed by atoms with Crippen molar-refractivity contribution in [1.29, 1.82) is 0 Å². The summed E-state index contributed by atoms with van der Waals surface area (Å²) in [5.74, 6) is -0.363. The van der Waals surface area contributed by atoms with Crippen molar-refractivity contribution in [2.45, 2.75) is 30.6 Å². The molecule has 0 atom stereocenters. The van der Waals surface area contributed by atoms with E-state index in [0.29, 0.717) is 5.57 Å². The Labute approximate surface area is 136 Å². The molecule has 22 heavy (non-hydrogen) atoms. The van der Waals surface area contributed by atoms with Crippen molar-refractivity contribution >= 4 is 17.7 Å². The van der Waals surface area contributed by atoms with Crippen LogP contribution in [0.3, 0.4) is 0 Å². The van der Waals surface area contributed by atoms with Crippen molar-refractivity contribution < 1.29 is 9.53 Å². The van der Waals surface area contributed by atoms with Crippen molar-refractivity contribution in [3.8, 4) is 11.1 Å². The van der Waals surface area contributed by atoms with Crippen molar-refractivity contribution in [2.75, 3.05) is 0 Å². The lowest BCUT2D eigenvalue weighted by Crippen LogP contribution is -2.24. The summed E-state index contributed by atoms with van der Waals surface area (Å²) in [7, 11) is 0. The minimum Gasteiger partial charge on any atom is -0.445 e. The van der Waals surface area contributed by atoms with E-state index in [2.05, 4.69) is 30.8 Å². The van der Waals surface area contributed by atoms with Gasteiger partial charge in [0, 0.05) is 10.5 Å². The van der Waals surface area contributed by atoms with Crippen LogP contribution in [0.25, 0.3) is 11.1 Å². The van der Waals surface area contributed by atoms with E-state index in [1.54, 1.807) is 6.92 Å². The molecule has 2 nitrogen and oxygen atoms in total. The highest BCUT2D eigenvalue weighted by Crippen LogP contribution is 2.35. The molecule has 114 valence electrons. The van der Waals surface area contributed by atoms with Crippen molar-refractivity contribution in [2.24, 2.45) is 0 Å². The van der Waals surface area contributed by atoms with E-state index in [1.165, 1.54) is 22.9 Å². The molecule has 2 rings (SSSR count). The van der Waals surface area contributed by atoms with Gasteiger partial charge in [0.2, 0.25) is 0 Å². The molecule has 0 saturated carbocycles. The highest BCUT2D eigenvalue weighted by atomic mass is 32.2. The van der Waals surface area contributed by atoms with Crippen LogP contribution in [0.15, 0.2) is 71.6 Å². The fourth-order valence-electron chi connectivity index (χ4n) is 1.96. The minimum atomic E-state index is -0.635. The Morgan fingerprint density at radius 1 is 1.00 bits per heavy atom. The zero-order chi connectivity index (χ0) is 16.2. The van der Waals surface area contributed by atoms with E-state index >= 15 is 0 Å². The topological polar surface area (TPSA) is 26.3 Å². The first-order valence-corrected chi connectivity index (χ1v) is 7.92. The maximum atomic E-state index is 11.7. The Morgan fingerprint density at radius 2 is 1.55 bits per heavy atom. The van der Waals surface area contributed by atoms with Crippen LogP contribution in [0.1, 0.15) is 20.8 Å². The van der Waals surface area contributed by atoms with E-state index in [1.807, 2.05) is 44.2 Å². The number of rotatable bonds is 5. The van der Waals surface area contributed by atoms with Gasteiger partial charge in [-0.05, 0) is 44.0 Å². The zero-order valence-electron chi connectivity index (χ0n) is 13.1. The second-order valence-electron chi connectivity index (χ2n) is 5.56. The molecule has 0 amide bonds. The molecular formula is C19H20O2S. The Bertz CT molecular complexity index is 658. The van der Waals surface area contributed by atoms with Crippen LogP contribution in [0, 0.1) is 0 Å². The van der Waals surface area contributed by atoms with Crippen LogP contribution >= 0.6 is 11.8 Å². The number of benzene rings is 2. The molecule has 2 aromatic carbocycles. The molecule has 0 aromatic heterocycles. The highest BCUT2D eigenvalue weighted by molar-refractivity contribution is 8.00. The second kappa shape index (κ2) is 6.84. The third-order valence-corrected chi connectivity index (χ3v) is 4.09. The van der Waals surface area contributed by atoms with Crippen molar-refractivity contribution in [3.05, 3.63) is 66.7 Å². The highest BCUT2D eigenvalue weighted by Gasteiger charge is 2.24. The number of carbonyl (C=O) groups excluding carboxylic acids is 1. The third-order valence-electron chi connectivity index (χ3n) is 3.01. The first kappa shape index (κ1) is 16.4. The zero-order valence-corrected chi connectivity index (χ0v) is 13.9. The van der Waals surface area contributed by atoms with Crippen LogP contribution < -0.4 is 0 Å². The SMILES string of the molecule is C=C(C)C(=O)OC(C)(C)Sc1ccc(-c2ccccc2)cc1. The van der Waals surface area contributed by atoms with Gasteiger partial charge in [-0.2, -0.15) is 0 Å². The van der Waals surface area contributed by atoms with Gasteiger partial charge in [-0.15, -0.1) is 0 Å². The number of thioether (sulfide) groups is 1. The molecule has 0 saturated heterocycles. The van der Waals surface area contributed by atoms with E-state index in [-0.39, 0.29) is 5.97 Å². The molecule has 0 spiro atoms. The monoisotopic (exact) mass is 312 g/mol. The molecule has 0 radical (unpaired) electrons. The number of ether oxygens (including phenoxy) is 1. The van der Waals surface area contributed by atoms with Crippen LogP contribution in [0.2, 0.25) is 0 Å². The number of esters is 1. The van der Waals surface area contributed by atoms with Gasteiger partial charge in [0.15, 0.2) is 4.93 Å². The quantitative estimate of drug-likeness (QED) is 0.324. The van der Waals surface area contributed by atoms with Gasteiger partial charge >= 0.3 is 5.97 Å². The summed E-state index contributed by atoms with van der Waals surface area (Å²) in [6.45, 7) is 9.02. The lowest BCUT2D eigenvalue weighted by atomic mass is 10.1. The maximum absolute atomic E-state index is 11.7. The second-order valence-corrected chi connectivity index (χ2v) is 7.22. The number of hydrogen-bond acceptors (Lipinski definition) is 3. The van der Waals surface area contributed by atoms with Crippen LogP contribution in [-0.4, -0.2) is 10.9 Å². The smallest absolute Gasteiger partial charge is 0.334 e. The molecule has 0 unspecified atom stereocenters. The molecule has 0 aliphatic heterocycles. The van der Waals surface area contributed by atoms with Crippen LogP contribution in [0.4, 0.5) is 0 Å². The summed E-state index contributed by atoms with van der Waals surface area (Å²) in [4.78, 5) is 12.1. The fourth-order valence-corrected chi connectivity index (χ4v) is 2.92. The fraction of sp³-hybridized carbons (Fsp3) is 0.211. The third kappa shape index (κ3) is 4.50. The lowest BCUT2D eigenvalue weighted by molar-refractivity contribution is -0.144. The molecular weight excluding hydrogens is 292 g/mol. The summed E-state index contributed by atoms with van der Waals surface area (Å²) in [5, 5.41) is 0. The number of hydrogen-bond donors (Lipinski definition) is 0. The standard InChI is InChI=1S/C19H20O2S/c1-14(2)18(20)21-19(3,4)22-17-12-10-16(11-13-17)15-8-6-5-7-9-15/h5-13H,1H2,2-4H3. The molecule has 0 bridgehead atoms. The Balaban J connectivity index is 2.08. The predicted octanol–water partition coefficient (Wildman–Crippen LogP) is 5.30. The minimum absolute atomic E-state index is 0.363.